The Hall–Kier alpha value is -2.66. The van der Waals surface area contributed by atoms with Crippen LogP contribution in [0.15, 0.2) is 54.0 Å². The number of carbonyl (C=O) groups excluding carboxylic acids is 1. The number of anilines is 2. The molecule has 2 aromatic carbocycles. The molecule has 0 saturated heterocycles. The van der Waals surface area contributed by atoms with Gasteiger partial charge in [-0.2, -0.15) is 0 Å². The zero-order valence-corrected chi connectivity index (χ0v) is 13.0. The molecule has 0 aromatic heterocycles. The first-order valence-electron chi connectivity index (χ1n) is 7.09. The molecule has 2 aromatic rings. The first-order valence-corrected chi connectivity index (χ1v) is 7.47. The quantitative estimate of drug-likeness (QED) is 0.880. The van der Waals surface area contributed by atoms with E-state index in [0.29, 0.717) is 27.9 Å². The van der Waals surface area contributed by atoms with Gasteiger partial charge < -0.3 is 20.1 Å². The van der Waals surface area contributed by atoms with Gasteiger partial charge in [0, 0.05) is 10.6 Å². The average molecular weight is 329 g/mol. The fourth-order valence-corrected chi connectivity index (χ4v) is 2.93. The number of ether oxygens (including phenoxy) is 2. The van der Waals surface area contributed by atoms with Crippen molar-refractivity contribution in [2.75, 3.05) is 17.7 Å². The van der Waals surface area contributed by atoms with Crippen molar-refractivity contribution < 1.29 is 14.3 Å². The summed E-state index contributed by atoms with van der Waals surface area (Å²) in [5, 5.41) is 6.84. The van der Waals surface area contributed by atoms with Gasteiger partial charge in [-0.1, -0.05) is 29.8 Å². The summed E-state index contributed by atoms with van der Waals surface area (Å²) in [5.74, 6) is 0.879. The van der Waals surface area contributed by atoms with Crippen molar-refractivity contribution in [2.24, 2.45) is 0 Å². The predicted octanol–water partition coefficient (Wildman–Crippen LogP) is 3.70. The van der Waals surface area contributed by atoms with E-state index in [4.69, 9.17) is 21.1 Å². The Morgan fingerprint density at radius 2 is 1.96 bits per heavy atom. The van der Waals surface area contributed by atoms with Gasteiger partial charge in [0.2, 0.25) is 11.7 Å². The molecule has 6 heteroatoms. The first-order chi connectivity index (χ1) is 11.2. The molecule has 1 atom stereocenters. The van der Waals surface area contributed by atoms with Crippen LogP contribution in [0.5, 0.6) is 5.75 Å². The molecule has 0 bridgehead atoms. The fourth-order valence-electron chi connectivity index (χ4n) is 2.76. The molecule has 0 radical (unpaired) electrons. The van der Waals surface area contributed by atoms with E-state index >= 15 is 0 Å². The van der Waals surface area contributed by atoms with E-state index < -0.39 is 6.10 Å². The van der Waals surface area contributed by atoms with Gasteiger partial charge in [0.25, 0.3) is 0 Å². The van der Waals surface area contributed by atoms with Crippen LogP contribution in [0.25, 0.3) is 0 Å². The Morgan fingerprint density at radius 3 is 2.78 bits per heavy atom. The topological polar surface area (TPSA) is 59.6 Å². The van der Waals surface area contributed by atoms with Crippen molar-refractivity contribution in [3.63, 3.8) is 0 Å². The van der Waals surface area contributed by atoms with Crippen molar-refractivity contribution in [3.8, 4) is 5.75 Å². The van der Waals surface area contributed by atoms with Crippen molar-refractivity contribution >= 4 is 28.8 Å². The molecule has 5 nitrogen and oxygen atoms in total. The third-order valence-electron chi connectivity index (χ3n) is 3.86. The Labute approximate surface area is 137 Å². The number of rotatable bonds is 2. The number of fused-ring (bicyclic) bond motifs is 1. The summed E-state index contributed by atoms with van der Waals surface area (Å²) in [4.78, 5) is 12.7. The SMILES string of the molecule is COc1ccccc1[C@H]1OC2=C(Nc3ccc(Cl)cc3N2)C1=O. The van der Waals surface area contributed by atoms with Crippen molar-refractivity contribution in [2.45, 2.75) is 6.10 Å². The third-order valence-corrected chi connectivity index (χ3v) is 4.09. The van der Waals surface area contributed by atoms with E-state index in [2.05, 4.69) is 10.6 Å². The lowest BCUT2D eigenvalue weighted by Gasteiger charge is -2.20. The van der Waals surface area contributed by atoms with E-state index in [9.17, 15) is 4.79 Å². The number of hydrogen-bond donors (Lipinski definition) is 2. The number of hydrogen-bond acceptors (Lipinski definition) is 5. The van der Waals surface area contributed by atoms with Crippen molar-refractivity contribution in [1.29, 1.82) is 0 Å². The molecule has 0 amide bonds. The molecule has 2 N–H and O–H groups in total. The Bertz CT molecular complexity index is 847. The van der Waals surface area contributed by atoms with Crippen LogP contribution in [0.3, 0.4) is 0 Å². The smallest absolute Gasteiger partial charge is 0.229 e. The van der Waals surface area contributed by atoms with Crippen LogP contribution in [0.4, 0.5) is 11.4 Å². The Kier molecular flexibility index (Phi) is 3.16. The van der Waals surface area contributed by atoms with Crippen molar-refractivity contribution in [3.05, 3.63) is 64.6 Å². The lowest BCUT2D eigenvalue weighted by molar-refractivity contribution is -0.121. The highest BCUT2D eigenvalue weighted by atomic mass is 35.5. The Morgan fingerprint density at radius 1 is 1.13 bits per heavy atom. The number of nitrogens with one attached hydrogen (secondary N) is 2. The van der Waals surface area contributed by atoms with E-state index in [-0.39, 0.29) is 5.78 Å². The molecule has 4 rings (SSSR count). The number of ketones is 1. The van der Waals surface area contributed by atoms with Crippen LogP contribution in [-0.2, 0) is 9.53 Å². The number of carbonyl (C=O) groups is 1. The average Bonchev–Trinajstić information content (AvgIpc) is 2.89. The van der Waals surface area contributed by atoms with Crippen LogP contribution in [-0.4, -0.2) is 12.9 Å². The van der Waals surface area contributed by atoms with Crippen LogP contribution >= 0.6 is 11.6 Å². The summed E-state index contributed by atoms with van der Waals surface area (Å²) in [5.41, 5.74) is 2.66. The lowest BCUT2D eigenvalue weighted by Crippen LogP contribution is -2.18. The molecule has 0 saturated carbocycles. The number of Topliss-reactive ketones (excluding diaryl/α,β-unsaturated/α-hetero) is 1. The van der Waals surface area contributed by atoms with Gasteiger partial charge in [0.1, 0.15) is 11.4 Å². The molecule has 23 heavy (non-hydrogen) atoms. The van der Waals surface area contributed by atoms with E-state index in [1.807, 2.05) is 24.3 Å². The van der Waals surface area contributed by atoms with Gasteiger partial charge in [0.15, 0.2) is 6.10 Å². The lowest BCUT2D eigenvalue weighted by atomic mass is 10.0. The third kappa shape index (κ3) is 2.21. The maximum absolute atomic E-state index is 12.7. The van der Waals surface area contributed by atoms with E-state index in [0.717, 1.165) is 11.4 Å². The number of benzene rings is 2. The molecule has 116 valence electrons. The molecular weight excluding hydrogens is 316 g/mol. The molecule has 0 spiro atoms. The standard InChI is InChI=1S/C17H13ClN2O3/c1-22-13-5-3-2-4-10(13)16-15(21)14-17(23-16)20-12-8-9(18)6-7-11(12)19-14/h2-8,16,19-20H,1H3/t16-/m1/s1. The predicted molar refractivity (Wildman–Crippen MR) is 87.6 cm³/mol. The summed E-state index contributed by atoms with van der Waals surface area (Å²) in [6.07, 6.45) is -0.735. The summed E-state index contributed by atoms with van der Waals surface area (Å²) in [6, 6.07) is 12.7. The van der Waals surface area contributed by atoms with Crippen LogP contribution < -0.4 is 15.4 Å². The second kappa shape index (κ2) is 5.21. The molecule has 0 aliphatic carbocycles. The minimum Gasteiger partial charge on any atom is -0.496 e. The normalized spacial score (nSPS) is 18.5. The highest BCUT2D eigenvalue weighted by Crippen LogP contribution is 2.42. The summed E-state index contributed by atoms with van der Waals surface area (Å²) in [6.45, 7) is 0. The van der Waals surface area contributed by atoms with Gasteiger partial charge in [-0.15, -0.1) is 0 Å². The van der Waals surface area contributed by atoms with Gasteiger partial charge in [-0.05, 0) is 24.3 Å². The second-order valence-electron chi connectivity index (χ2n) is 5.25. The summed E-state index contributed by atoms with van der Waals surface area (Å²) >= 11 is 6.00. The zero-order chi connectivity index (χ0) is 16.0. The van der Waals surface area contributed by atoms with E-state index in [1.54, 1.807) is 25.3 Å². The summed E-state index contributed by atoms with van der Waals surface area (Å²) < 4.78 is 11.2. The molecule has 2 aliphatic rings. The number of para-hydroxylation sites is 1. The molecular formula is C17H13ClN2O3. The largest absolute Gasteiger partial charge is 0.496 e. The van der Waals surface area contributed by atoms with Crippen LogP contribution in [0.1, 0.15) is 11.7 Å². The van der Waals surface area contributed by atoms with E-state index in [1.165, 1.54) is 0 Å². The monoisotopic (exact) mass is 328 g/mol. The first kappa shape index (κ1) is 14.0. The van der Waals surface area contributed by atoms with Gasteiger partial charge in [0.05, 0.1) is 18.5 Å². The van der Waals surface area contributed by atoms with Crippen LogP contribution in [0.2, 0.25) is 5.02 Å². The zero-order valence-electron chi connectivity index (χ0n) is 12.2. The molecule has 2 aliphatic heterocycles. The molecule has 0 unspecified atom stereocenters. The van der Waals surface area contributed by atoms with Crippen molar-refractivity contribution in [1.82, 2.24) is 0 Å². The fraction of sp³-hybridized carbons (Fsp3) is 0.118. The maximum Gasteiger partial charge on any atom is 0.229 e. The Balaban J connectivity index is 1.68. The molecule has 0 fully saturated rings. The highest BCUT2D eigenvalue weighted by Gasteiger charge is 2.40. The second-order valence-corrected chi connectivity index (χ2v) is 5.68. The summed E-state index contributed by atoms with van der Waals surface area (Å²) in [7, 11) is 1.57. The van der Waals surface area contributed by atoms with Crippen LogP contribution in [0, 0.1) is 0 Å². The minimum atomic E-state index is -0.735. The minimum absolute atomic E-state index is 0.141. The van der Waals surface area contributed by atoms with Gasteiger partial charge in [-0.25, -0.2) is 0 Å². The number of halogens is 1. The molecule has 2 heterocycles. The highest BCUT2D eigenvalue weighted by molar-refractivity contribution is 6.31. The van der Waals surface area contributed by atoms with Gasteiger partial charge >= 0.3 is 0 Å². The number of methoxy groups -OCH3 is 1. The maximum atomic E-state index is 12.7. The van der Waals surface area contributed by atoms with Gasteiger partial charge in [-0.3, -0.25) is 4.79 Å².